The van der Waals surface area contributed by atoms with E-state index in [0.717, 1.165) is 22.0 Å². The van der Waals surface area contributed by atoms with Crippen LogP contribution < -0.4 is 4.90 Å². The molecule has 1 spiro atoms. The highest BCUT2D eigenvalue weighted by molar-refractivity contribution is 6.18. The van der Waals surface area contributed by atoms with E-state index < -0.39 is 22.7 Å². The Kier molecular flexibility index (Phi) is 5.61. The lowest BCUT2D eigenvalue weighted by atomic mass is 9.55. The van der Waals surface area contributed by atoms with Gasteiger partial charge < -0.3 is 14.4 Å². The molecule has 0 aromatic heterocycles. The van der Waals surface area contributed by atoms with Crippen molar-refractivity contribution in [3.63, 3.8) is 0 Å². The Morgan fingerprint density at radius 1 is 1.12 bits per heavy atom. The lowest BCUT2D eigenvalue weighted by Crippen LogP contribution is -2.62. The molecule has 1 saturated carbocycles. The molecule has 0 bridgehead atoms. The maximum atomic E-state index is 14.0. The first-order valence-electron chi connectivity index (χ1n) is 11.1. The van der Waals surface area contributed by atoms with E-state index in [0.29, 0.717) is 0 Å². The minimum Gasteiger partial charge on any atom is -0.468 e. The number of Topliss-reactive ketones (excluding diaryl/α,β-unsaturated/α-hetero) is 2. The van der Waals surface area contributed by atoms with E-state index in [-0.39, 0.29) is 43.8 Å². The number of ketones is 2. The highest BCUT2D eigenvalue weighted by atomic mass is 16.5. The molecule has 4 rings (SSSR count). The Bertz CT molecular complexity index is 1090. The monoisotopic (exact) mass is 437 g/mol. The minimum absolute atomic E-state index is 0.00343. The number of ether oxygens (including phenoxy) is 2. The summed E-state index contributed by atoms with van der Waals surface area (Å²) in [4.78, 5) is 42.3. The highest BCUT2D eigenvalue weighted by Crippen LogP contribution is 2.50. The summed E-state index contributed by atoms with van der Waals surface area (Å²) in [5.41, 5.74) is -0.168. The van der Waals surface area contributed by atoms with Gasteiger partial charge in [-0.15, -0.1) is 0 Å². The van der Waals surface area contributed by atoms with Gasteiger partial charge in [-0.1, -0.05) is 44.2 Å². The van der Waals surface area contributed by atoms with Gasteiger partial charge in [0, 0.05) is 18.7 Å². The second-order valence-electron chi connectivity index (χ2n) is 9.99. The highest BCUT2D eigenvalue weighted by Gasteiger charge is 2.61. The topological polar surface area (TPSA) is 72.9 Å². The lowest BCUT2D eigenvalue weighted by molar-refractivity contribution is -0.165. The number of carbonyl (C=O) groups excluding carboxylic acids is 3. The van der Waals surface area contributed by atoms with Crippen molar-refractivity contribution >= 4 is 34.0 Å². The molecular formula is C26H31NO5. The third-order valence-corrected chi connectivity index (χ3v) is 6.96. The summed E-state index contributed by atoms with van der Waals surface area (Å²) in [5, 5.41) is 2.06. The number of rotatable bonds is 4. The molecule has 2 aliphatic rings. The molecule has 6 nitrogen and oxygen atoms in total. The Labute approximate surface area is 188 Å². The number of anilines is 1. The van der Waals surface area contributed by atoms with Crippen molar-refractivity contribution in [1.29, 1.82) is 0 Å². The van der Waals surface area contributed by atoms with Gasteiger partial charge in [0.1, 0.15) is 23.8 Å². The van der Waals surface area contributed by atoms with Gasteiger partial charge in [0.25, 0.3) is 0 Å². The third-order valence-electron chi connectivity index (χ3n) is 6.96. The van der Waals surface area contributed by atoms with Crippen molar-refractivity contribution in [2.75, 3.05) is 25.3 Å². The van der Waals surface area contributed by atoms with Gasteiger partial charge in [-0.05, 0) is 48.1 Å². The number of carbonyl (C=O) groups is 3. The molecule has 0 saturated heterocycles. The van der Waals surface area contributed by atoms with Crippen LogP contribution in [-0.2, 0) is 30.3 Å². The summed E-state index contributed by atoms with van der Waals surface area (Å²) in [5.74, 6) is -1.99. The summed E-state index contributed by atoms with van der Waals surface area (Å²) < 4.78 is 10.9. The van der Waals surface area contributed by atoms with Gasteiger partial charge in [0.2, 0.25) is 0 Å². The minimum atomic E-state index is -1.30. The second-order valence-corrected chi connectivity index (χ2v) is 9.99. The Morgan fingerprint density at radius 3 is 2.53 bits per heavy atom. The maximum Gasteiger partial charge on any atom is 0.316 e. The van der Waals surface area contributed by atoms with Gasteiger partial charge >= 0.3 is 5.97 Å². The van der Waals surface area contributed by atoms with Crippen LogP contribution in [0, 0.1) is 16.7 Å². The lowest BCUT2D eigenvalue weighted by Gasteiger charge is -2.49. The number of hydrogen-bond donors (Lipinski definition) is 0. The molecular weight excluding hydrogens is 406 g/mol. The van der Waals surface area contributed by atoms with Crippen LogP contribution in [0.4, 0.5) is 5.69 Å². The number of hydrogen-bond acceptors (Lipinski definition) is 6. The van der Waals surface area contributed by atoms with Crippen LogP contribution in [0.15, 0.2) is 36.4 Å². The van der Waals surface area contributed by atoms with E-state index in [1.54, 1.807) is 13.8 Å². The van der Waals surface area contributed by atoms with Gasteiger partial charge in [-0.2, -0.15) is 0 Å². The van der Waals surface area contributed by atoms with Gasteiger partial charge in [-0.25, -0.2) is 0 Å². The third kappa shape index (κ3) is 3.51. The van der Waals surface area contributed by atoms with E-state index in [4.69, 9.17) is 9.47 Å². The Hall–Kier alpha value is -2.73. The fraction of sp³-hybridized carbons (Fsp3) is 0.500. The molecule has 1 aliphatic heterocycles. The zero-order chi connectivity index (χ0) is 23.3. The van der Waals surface area contributed by atoms with Crippen molar-refractivity contribution in [3.8, 4) is 0 Å². The molecule has 2 aromatic rings. The summed E-state index contributed by atoms with van der Waals surface area (Å²) in [6.45, 7) is 7.96. The number of esters is 1. The van der Waals surface area contributed by atoms with Crippen molar-refractivity contribution in [2.45, 2.75) is 46.6 Å². The molecule has 6 heteroatoms. The van der Waals surface area contributed by atoms with Gasteiger partial charge in [-0.3, -0.25) is 14.4 Å². The van der Waals surface area contributed by atoms with Crippen molar-refractivity contribution in [3.05, 3.63) is 42.0 Å². The van der Waals surface area contributed by atoms with Crippen LogP contribution in [0.25, 0.3) is 10.8 Å². The first kappa shape index (κ1) is 22.5. The predicted octanol–water partition coefficient (Wildman–Crippen LogP) is 3.93. The molecule has 2 atom stereocenters. The summed E-state index contributed by atoms with van der Waals surface area (Å²) >= 11 is 0. The van der Waals surface area contributed by atoms with E-state index in [1.807, 2.05) is 49.1 Å². The van der Waals surface area contributed by atoms with Crippen molar-refractivity contribution in [1.82, 2.24) is 0 Å². The summed E-state index contributed by atoms with van der Waals surface area (Å²) in [7, 11) is 1.29. The molecule has 1 heterocycles. The SMILES string of the molecule is COC(=O)C1C(=O)C2(Cc3c(ccc4ccccc34)N(COC(C)C)C2)C(=O)CC1(C)C. The van der Waals surface area contributed by atoms with Crippen LogP contribution in [0.3, 0.4) is 0 Å². The standard InChI is InChI=1S/C26H31NO5/c1-16(2)32-15-27-14-26(12-19-18-9-7-6-8-17(18)10-11-20(19)27)21(28)13-25(3,4)22(23(26)29)24(30)31-5/h6-11,16,22H,12-15H2,1-5H3. The van der Waals surface area contributed by atoms with E-state index in [2.05, 4.69) is 6.07 Å². The average Bonchev–Trinajstić information content (AvgIpc) is 2.75. The number of benzene rings is 2. The summed E-state index contributed by atoms with van der Waals surface area (Å²) in [6.07, 6.45) is 0.428. The quantitative estimate of drug-likeness (QED) is 0.533. The number of nitrogens with zero attached hydrogens (tertiary/aromatic N) is 1. The molecule has 0 radical (unpaired) electrons. The molecule has 2 unspecified atom stereocenters. The molecule has 1 aliphatic carbocycles. The van der Waals surface area contributed by atoms with E-state index >= 15 is 0 Å². The van der Waals surface area contributed by atoms with Crippen LogP contribution in [0.1, 0.15) is 39.7 Å². The normalized spacial score (nSPS) is 24.8. The molecule has 0 amide bonds. The van der Waals surface area contributed by atoms with Crippen molar-refractivity contribution < 1.29 is 23.9 Å². The molecule has 0 N–H and O–H groups in total. The van der Waals surface area contributed by atoms with E-state index in [9.17, 15) is 14.4 Å². The van der Waals surface area contributed by atoms with Crippen LogP contribution in [0.2, 0.25) is 0 Å². The fourth-order valence-corrected chi connectivity index (χ4v) is 5.28. The van der Waals surface area contributed by atoms with Crippen LogP contribution >= 0.6 is 0 Å². The maximum absolute atomic E-state index is 14.0. The molecule has 1 fully saturated rings. The molecule has 2 aromatic carbocycles. The zero-order valence-corrected chi connectivity index (χ0v) is 19.4. The first-order chi connectivity index (χ1) is 15.1. The predicted molar refractivity (Wildman–Crippen MR) is 122 cm³/mol. The average molecular weight is 438 g/mol. The van der Waals surface area contributed by atoms with Crippen LogP contribution in [0.5, 0.6) is 0 Å². The van der Waals surface area contributed by atoms with Crippen molar-refractivity contribution in [2.24, 2.45) is 16.7 Å². The molecule has 170 valence electrons. The molecule has 32 heavy (non-hydrogen) atoms. The first-order valence-corrected chi connectivity index (χ1v) is 11.1. The smallest absolute Gasteiger partial charge is 0.316 e. The van der Waals surface area contributed by atoms with Gasteiger partial charge in [0.05, 0.1) is 13.2 Å². The summed E-state index contributed by atoms with van der Waals surface area (Å²) in [6, 6.07) is 12.1. The Balaban J connectivity index is 1.88. The second kappa shape index (κ2) is 8.00. The largest absolute Gasteiger partial charge is 0.468 e. The number of fused-ring (bicyclic) bond motifs is 3. The van der Waals surface area contributed by atoms with E-state index in [1.165, 1.54) is 7.11 Å². The van der Waals surface area contributed by atoms with Crippen LogP contribution in [-0.4, -0.2) is 44.0 Å². The fourth-order valence-electron chi connectivity index (χ4n) is 5.28. The Morgan fingerprint density at radius 2 is 1.84 bits per heavy atom. The van der Waals surface area contributed by atoms with Gasteiger partial charge in [0.15, 0.2) is 5.78 Å². The zero-order valence-electron chi connectivity index (χ0n) is 19.4. The number of methoxy groups -OCH3 is 1.